The zero-order chi connectivity index (χ0) is 27.2. The van der Waals surface area contributed by atoms with Crippen molar-refractivity contribution in [2.24, 2.45) is 0 Å². The van der Waals surface area contributed by atoms with E-state index in [1.807, 2.05) is 37.3 Å². The van der Waals surface area contributed by atoms with Crippen LogP contribution in [-0.4, -0.2) is 55.3 Å². The Hall–Kier alpha value is -3.52. The summed E-state index contributed by atoms with van der Waals surface area (Å²) in [6, 6.07) is 14.8. The topological polar surface area (TPSA) is 84.7 Å². The second-order valence-corrected chi connectivity index (χ2v) is 12.3. The van der Waals surface area contributed by atoms with E-state index in [-0.39, 0.29) is 23.6 Å². The normalized spacial score (nSPS) is 17.7. The van der Waals surface area contributed by atoms with Crippen LogP contribution in [0.3, 0.4) is 0 Å². The molecule has 38 heavy (non-hydrogen) atoms. The van der Waals surface area contributed by atoms with E-state index in [0.717, 1.165) is 53.1 Å². The number of carbonyl (C=O) groups is 1. The van der Waals surface area contributed by atoms with Crippen molar-refractivity contribution in [3.63, 3.8) is 0 Å². The van der Waals surface area contributed by atoms with Crippen LogP contribution in [-0.2, 0) is 10.2 Å². The molecule has 1 fully saturated rings. The van der Waals surface area contributed by atoms with E-state index in [2.05, 4.69) is 84.6 Å². The molecule has 1 aromatic carbocycles. The van der Waals surface area contributed by atoms with Gasteiger partial charge in [-0.1, -0.05) is 51.1 Å². The average Bonchev–Trinajstić information content (AvgIpc) is 3.47. The van der Waals surface area contributed by atoms with E-state index in [9.17, 15) is 4.79 Å². The maximum Gasteiger partial charge on any atom is 0.407 e. The molecule has 1 aliphatic rings. The largest absolute Gasteiger partial charge is 0.444 e. The summed E-state index contributed by atoms with van der Waals surface area (Å²) in [6.07, 6.45) is 2.65. The highest BCUT2D eigenvalue weighted by Gasteiger charge is 2.29. The lowest BCUT2D eigenvalue weighted by Crippen LogP contribution is -2.40. The smallest absolute Gasteiger partial charge is 0.407 e. The molecule has 3 aromatic heterocycles. The molecule has 0 aliphatic carbocycles. The molecule has 1 aliphatic heterocycles. The van der Waals surface area contributed by atoms with E-state index in [1.165, 1.54) is 5.56 Å². The monoisotopic (exact) mass is 514 g/mol. The Balaban J connectivity index is 1.40. The summed E-state index contributed by atoms with van der Waals surface area (Å²) in [5.41, 5.74) is 4.43. The molecule has 0 radical (unpaired) electrons. The number of carbonyl (C=O) groups excluding carboxylic acids is 1. The molecule has 8 nitrogen and oxygen atoms in total. The Labute approximate surface area is 224 Å². The van der Waals surface area contributed by atoms with Gasteiger partial charge >= 0.3 is 6.09 Å². The minimum absolute atomic E-state index is 0.0213. The van der Waals surface area contributed by atoms with Gasteiger partial charge in [-0.25, -0.2) is 9.78 Å². The van der Waals surface area contributed by atoms with Crippen molar-refractivity contribution >= 4 is 22.6 Å². The number of hydrogen-bond donors (Lipinski definition) is 1. The van der Waals surface area contributed by atoms with Crippen LogP contribution in [0.5, 0.6) is 0 Å². The molecule has 4 heterocycles. The standard InChI is InChI=1S/C30H38N6O2/c1-19(35-16-15-22(18-35)31-28(37)38-30(5,6)7)21-12-14-25-33-34-27(36(25)17-21)24-13-11-20-9-8-10-23(26(20)32-24)29(2,3)4/h8-14,17,19,22H,15-16,18H2,1-7H3,(H,31,37)/t19?,22-/m0/s1. The van der Waals surface area contributed by atoms with Crippen LogP contribution in [0.25, 0.3) is 28.1 Å². The zero-order valence-electron chi connectivity index (χ0n) is 23.4. The molecule has 1 amide bonds. The number of nitrogens with zero attached hydrogens (tertiary/aromatic N) is 5. The summed E-state index contributed by atoms with van der Waals surface area (Å²) < 4.78 is 7.47. The second kappa shape index (κ2) is 9.66. The quantitative estimate of drug-likeness (QED) is 0.365. The van der Waals surface area contributed by atoms with Gasteiger partial charge in [0.2, 0.25) is 0 Å². The molecule has 1 saturated heterocycles. The fourth-order valence-corrected chi connectivity index (χ4v) is 5.15. The third-order valence-corrected chi connectivity index (χ3v) is 7.15. The van der Waals surface area contributed by atoms with Crippen molar-refractivity contribution in [2.45, 2.75) is 78.0 Å². The number of fused-ring (bicyclic) bond motifs is 2. The third kappa shape index (κ3) is 5.36. The van der Waals surface area contributed by atoms with E-state index in [0.29, 0.717) is 0 Å². The zero-order valence-corrected chi connectivity index (χ0v) is 23.4. The first-order valence-corrected chi connectivity index (χ1v) is 13.4. The summed E-state index contributed by atoms with van der Waals surface area (Å²) >= 11 is 0. The fourth-order valence-electron chi connectivity index (χ4n) is 5.15. The summed E-state index contributed by atoms with van der Waals surface area (Å²) in [5, 5.41) is 13.1. The van der Waals surface area contributed by atoms with E-state index in [1.54, 1.807) is 0 Å². The van der Waals surface area contributed by atoms with Crippen molar-refractivity contribution in [3.8, 4) is 11.5 Å². The van der Waals surface area contributed by atoms with Gasteiger partial charge in [0, 0.05) is 36.8 Å². The molecule has 5 rings (SSSR count). The van der Waals surface area contributed by atoms with Gasteiger partial charge in [-0.15, -0.1) is 10.2 Å². The Morgan fingerprint density at radius 3 is 2.58 bits per heavy atom. The number of nitrogens with one attached hydrogen (secondary N) is 1. The molecular weight excluding hydrogens is 476 g/mol. The van der Waals surface area contributed by atoms with Gasteiger partial charge in [0.25, 0.3) is 0 Å². The molecule has 0 saturated carbocycles. The van der Waals surface area contributed by atoms with Crippen LogP contribution in [0.2, 0.25) is 0 Å². The highest BCUT2D eigenvalue weighted by atomic mass is 16.6. The number of benzene rings is 1. The number of likely N-dealkylation sites (tertiary alicyclic amines) is 1. The number of para-hydroxylation sites is 1. The molecule has 200 valence electrons. The number of alkyl carbamates (subject to hydrolysis) is 1. The molecule has 4 aromatic rings. The predicted molar refractivity (Wildman–Crippen MR) is 150 cm³/mol. The number of pyridine rings is 2. The Bertz CT molecular complexity index is 1480. The minimum atomic E-state index is -0.504. The molecule has 8 heteroatoms. The number of amides is 1. The van der Waals surface area contributed by atoms with Crippen LogP contribution >= 0.6 is 0 Å². The lowest BCUT2D eigenvalue weighted by Gasteiger charge is -2.25. The summed E-state index contributed by atoms with van der Waals surface area (Å²) in [5.74, 6) is 0.727. The minimum Gasteiger partial charge on any atom is -0.444 e. The van der Waals surface area contributed by atoms with Crippen molar-refractivity contribution in [1.29, 1.82) is 0 Å². The maximum atomic E-state index is 12.2. The summed E-state index contributed by atoms with van der Waals surface area (Å²) in [4.78, 5) is 19.7. The van der Waals surface area contributed by atoms with E-state index < -0.39 is 5.60 Å². The van der Waals surface area contributed by atoms with Gasteiger partial charge in [0.15, 0.2) is 11.5 Å². The lowest BCUT2D eigenvalue weighted by molar-refractivity contribution is 0.0504. The first kappa shape index (κ1) is 26.1. The first-order chi connectivity index (χ1) is 17.9. The molecule has 2 atom stereocenters. The third-order valence-electron chi connectivity index (χ3n) is 7.15. The second-order valence-electron chi connectivity index (χ2n) is 12.3. The number of ether oxygens (including phenoxy) is 1. The Kier molecular flexibility index (Phi) is 6.63. The highest BCUT2D eigenvalue weighted by molar-refractivity contribution is 5.84. The van der Waals surface area contributed by atoms with E-state index >= 15 is 0 Å². The van der Waals surface area contributed by atoms with Crippen LogP contribution < -0.4 is 5.32 Å². The number of hydrogen-bond acceptors (Lipinski definition) is 6. The van der Waals surface area contributed by atoms with Gasteiger partial charge in [-0.3, -0.25) is 9.30 Å². The molecular formula is C30H38N6O2. The average molecular weight is 515 g/mol. The Morgan fingerprint density at radius 2 is 1.84 bits per heavy atom. The highest BCUT2D eigenvalue weighted by Crippen LogP contribution is 2.31. The Morgan fingerprint density at radius 1 is 1.05 bits per heavy atom. The molecule has 0 spiro atoms. The predicted octanol–water partition coefficient (Wildman–Crippen LogP) is 5.90. The van der Waals surface area contributed by atoms with Gasteiger partial charge in [0.1, 0.15) is 11.3 Å². The van der Waals surface area contributed by atoms with Crippen molar-refractivity contribution in [3.05, 3.63) is 59.8 Å². The molecule has 1 unspecified atom stereocenters. The lowest BCUT2D eigenvalue weighted by atomic mass is 9.85. The van der Waals surface area contributed by atoms with Crippen LogP contribution in [0.15, 0.2) is 48.7 Å². The van der Waals surface area contributed by atoms with Gasteiger partial charge in [-0.2, -0.15) is 0 Å². The van der Waals surface area contributed by atoms with Gasteiger partial charge in [-0.05, 0) is 62.8 Å². The fraction of sp³-hybridized carbons (Fsp3) is 0.467. The van der Waals surface area contributed by atoms with E-state index in [4.69, 9.17) is 9.72 Å². The van der Waals surface area contributed by atoms with Crippen LogP contribution in [0.4, 0.5) is 4.79 Å². The molecule has 0 bridgehead atoms. The SMILES string of the molecule is CC(c1ccc2nnc(-c3ccc4cccc(C(C)(C)C)c4n3)n2c1)N1CC[C@H](NC(=O)OC(C)(C)C)C1. The van der Waals surface area contributed by atoms with Crippen molar-refractivity contribution in [2.75, 3.05) is 13.1 Å². The van der Waals surface area contributed by atoms with Gasteiger partial charge in [0.05, 0.1) is 5.52 Å². The van der Waals surface area contributed by atoms with Crippen molar-refractivity contribution in [1.82, 2.24) is 29.8 Å². The number of rotatable bonds is 4. The first-order valence-electron chi connectivity index (χ1n) is 13.4. The van der Waals surface area contributed by atoms with Gasteiger partial charge < -0.3 is 10.1 Å². The summed E-state index contributed by atoms with van der Waals surface area (Å²) in [7, 11) is 0. The molecule has 1 N–H and O–H groups in total. The van der Waals surface area contributed by atoms with Crippen LogP contribution in [0.1, 0.15) is 72.1 Å². The summed E-state index contributed by atoms with van der Waals surface area (Å²) in [6.45, 7) is 16.1. The van der Waals surface area contributed by atoms with Crippen molar-refractivity contribution < 1.29 is 9.53 Å². The maximum absolute atomic E-state index is 12.2. The van der Waals surface area contributed by atoms with Crippen LogP contribution in [0, 0.1) is 0 Å². The number of aromatic nitrogens is 4.